The summed E-state index contributed by atoms with van der Waals surface area (Å²) < 4.78 is 7.49. The van der Waals surface area contributed by atoms with E-state index in [2.05, 4.69) is 4.98 Å². The van der Waals surface area contributed by atoms with Crippen molar-refractivity contribution < 1.29 is 14.6 Å². The molecule has 25 heavy (non-hydrogen) atoms. The van der Waals surface area contributed by atoms with Gasteiger partial charge in [0.25, 0.3) is 0 Å². The number of aromatic nitrogens is 2. The van der Waals surface area contributed by atoms with E-state index in [1.807, 2.05) is 16.7 Å². The highest BCUT2D eigenvalue weighted by Gasteiger charge is 2.60. The quantitative estimate of drug-likeness (QED) is 0.852. The van der Waals surface area contributed by atoms with Crippen LogP contribution in [0.4, 0.5) is 0 Å². The lowest BCUT2D eigenvalue weighted by Gasteiger charge is -2.58. The zero-order valence-corrected chi connectivity index (χ0v) is 14.7. The van der Waals surface area contributed by atoms with E-state index in [1.165, 1.54) is 0 Å². The highest BCUT2D eigenvalue weighted by Crippen LogP contribution is 2.62. The van der Waals surface area contributed by atoms with Crippen LogP contribution < -0.4 is 0 Å². The molecule has 1 N–H and O–H groups in total. The van der Waals surface area contributed by atoms with E-state index in [9.17, 15) is 9.90 Å². The van der Waals surface area contributed by atoms with Gasteiger partial charge in [0, 0.05) is 12.4 Å². The molecule has 0 aliphatic heterocycles. The first-order chi connectivity index (χ1) is 11.9. The molecule has 5 nitrogen and oxygen atoms in total. The van der Waals surface area contributed by atoms with Crippen LogP contribution in [0.15, 0.2) is 24.5 Å². The molecule has 4 bridgehead atoms. The summed E-state index contributed by atoms with van der Waals surface area (Å²) in [6.07, 6.45) is 8.77. The number of ether oxygens (including phenoxy) is 1. The molecule has 2 aromatic rings. The molecular formula is C19H21ClN2O3. The van der Waals surface area contributed by atoms with Crippen molar-refractivity contribution in [2.45, 2.75) is 50.7 Å². The maximum absolute atomic E-state index is 12.9. The second-order valence-electron chi connectivity index (χ2n) is 8.39. The standard InChI is InChI=1S/C19H21ClN2O3/c20-14-1-2-16-21-15(9-22(16)8-14)10-25-17(23)18-4-12-3-13(5-18)7-19(24,6-12)11-18/h1-2,8-9,12-13,24H,3-7,10-11H2/t12-,13-,18?,19?/m1/s1. The molecule has 0 unspecified atom stereocenters. The van der Waals surface area contributed by atoms with Crippen LogP contribution in [0.2, 0.25) is 5.02 Å². The number of pyridine rings is 1. The highest BCUT2D eigenvalue weighted by molar-refractivity contribution is 6.30. The largest absolute Gasteiger partial charge is 0.459 e. The predicted molar refractivity (Wildman–Crippen MR) is 92.1 cm³/mol. The number of aliphatic hydroxyl groups is 1. The number of imidazole rings is 1. The summed E-state index contributed by atoms with van der Waals surface area (Å²) in [7, 11) is 0. The maximum Gasteiger partial charge on any atom is 0.312 e. The Bertz CT molecular complexity index is 847. The van der Waals surface area contributed by atoms with Crippen molar-refractivity contribution in [1.82, 2.24) is 9.38 Å². The summed E-state index contributed by atoms with van der Waals surface area (Å²) in [6.45, 7) is 0.160. The molecule has 2 atom stereocenters. The smallest absolute Gasteiger partial charge is 0.312 e. The molecular weight excluding hydrogens is 340 g/mol. The molecule has 4 aliphatic carbocycles. The topological polar surface area (TPSA) is 63.8 Å². The molecule has 4 saturated carbocycles. The van der Waals surface area contributed by atoms with E-state index in [0.717, 1.165) is 37.8 Å². The molecule has 6 heteroatoms. The van der Waals surface area contributed by atoms with E-state index in [-0.39, 0.29) is 12.6 Å². The molecule has 0 radical (unpaired) electrons. The molecule has 6 rings (SSSR count). The molecule has 2 aromatic heterocycles. The lowest BCUT2D eigenvalue weighted by Crippen LogP contribution is -2.58. The van der Waals surface area contributed by atoms with Gasteiger partial charge in [-0.1, -0.05) is 11.6 Å². The van der Waals surface area contributed by atoms with E-state index in [1.54, 1.807) is 12.3 Å². The summed E-state index contributed by atoms with van der Waals surface area (Å²) >= 11 is 5.99. The first-order valence-corrected chi connectivity index (χ1v) is 9.34. The fraction of sp³-hybridized carbons (Fsp3) is 0.579. The van der Waals surface area contributed by atoms with E-state index in [0.29, 0.717) is 29.0 Å². The number of nitrogens with zero attached hydrogens (tertiary/aromatic N) is 2. The van der Waals surface area contributed by atoms with E-state index < -0.39 is 11.0 Å². The maximum atomic E-state index is 12.9. The minimum absolute atomic E-state index is 0.157. The van der Waals surface area contributed by atoms with Crippen molar-refractivity contribution >= 4 is 23.2 Å². The van der Waals surface area contributed by atoms with Gasteiger partial charge in [0.1, 0.15) is 12.3 Å². The fourth-order valence-corrected chi connectivity index (χ4v) is 6.00. The zero-order valence-electron chi connectivity index (χ0n) is 13.9. The summed E-state index contributed by atoms with van der Waals surface area (Å²) in [4.78, 5) is 17.4. The first kappa shape index (κ1) is 15.6. The second-order valence-corrected chi connectivity index (χ2v) is 8.82. The molecule has 4 fully saturated rings. The molecule has 4 aliphatic rings. The number of rotatable bonds is 3. The summed E-state index contributed by atoms with van der Waals surface area (Å²) in [5, 5.41) is 11.4. The van der Waals surface area contributed by atoms with Crippen molar-refractivity contribution in [2.75, 3.05) is 0 Å². The minimum atomic E-state index is -0.650. The summed E-state index contributed by atoms with van der Waals surface area (Å²) in [5.41, 5.74) is 0.350. The number of esters is 1. The van der Waals surface area contributed by atoms with Crippen LogP contribution >= 0.6 is 11.6 Å². The van der Waals surface area contributed by atoms with Crippen LogP contribution in [-0.4, -0.2) is 26.1 Å². The molecule has 0 aromatic carbocycles. The van der Waals surface area contributed by atoms with Gasteiger partial charge in [-0.2, -0.15) is 0 Å². The van der Waals surface area contributed by atoms with Crippen molar-refractivity contribution in [3.8, 4) is 0 Å². The SMILES string of the molecule is O=C(OCc1cn2cc(Cl)ccc2n1)C12C[C@H]3C[C@@H](CC(O)(C3)C1)C2. The molecule has 0 amide bonds. The number of hydrogen-bond acceptors (Lipinski definition) is 4. The van der Waals surface area contributed by atoms with Gasteiger partial charge in [0.2, 0.25) is 0 Å². The lowest BCUT2D eigenvalue weighted by molar-refractivity contribution is -0.197. The third kappa shape index (κ3) is 2.56. The lowest BCUT2D eigenvalue weighted by atomic mass is 9.48. The summed E-state index contributed by atoms with van der Waals surface area (Å²) in [5.74, 6) is 0.780. The third-order valence-corrected chi connectivity index (χ3v) is 6.50. The van der Waals surface area contributed by atoms with E-state index >= 15 is 0 Å². The Labute approximate surface area is 151 Å². The van der Waals surface area contributed by atoms with Crippen LogP contribution in [0.25, 0.3) is 5.65 Å². The van der Waals surface area contributed by atoms with Crippen molar-refractivity contribution in [1.29, 1.82) is 0 Å². The van der Waals surface area contributed by atoms with Gasteiger partial charge in [-0.05, 0) is 62.5 Å². The van der Waals surface area contributed by atoms with Gasteiger partial charge >= 0.3 is 5.97 Å². The Morgan fingerprint density at radius 3 is 2.76 bits per heavy atom. The van der Waals surface area contributed by atoms with Crippen LogP contribution in [-0.2, 0) is 16.1 Å². The van der Waals surface area contributed by atoms with Crippen LogP contribution in [0, 0.1) is 17.3 Å². The van der Waals surface area contributed by atoms with Crippen molar-refractivity contribution in [3.05, 3.63) is 35.2 Å². The Morgan fingerprint density at radius 2 is 2.04 bits per heavy atom. The van der Waals surface area contributed by atoms with Crippen LogP contribution in [0.5, 0.6) is 0 Å². The Balaban J connectivity index is 1.33. The number of halogens is 1. The third-order valence-electron chi connectivity index (χ3n) is 6.28. The van der Waals surface area contributed by atoms with Gasteiger partial charge in [-0.15, -0.1) is 0 Å². The van der Waals surface area contributed by atoms with Gasteiger partial charge in [-0.25, -0.2) is 4.98 Å². The first-order valence-electron chi connectivity index (χ1n) is 8.96. The fourth-order valence-electron chi connectivity index (χ4n) is 5.83. The number of carbonyl (C=O) groups excluding carboxylic acids is 1. The number of hydrogen-bond donors (Lipinski definition) is 1. The average Bonchev–Trinajstić information content (AvgIpc) is 2.92. The van der Waals surface area contributed by atoms with Crippen molar-refractivity contribution in [3.63, 3.8) is 0 Å². The zero-order chi connectivity index (χ0) is 17.2. The van der Waals surface area contributed by atoms with Crippen LogP contribution in [0.1, 0.15) is 44.2 Å². The van der Waals surface area contributed by atoms with Gasteiger partial charge in [-0.3, -0.25) is 4.79 Å². The molecule has 132 valence electrons. The number of fused-ring (bicyclic) bond motifs is 1. The molecule has 0 spiro atoms. The van der Waals surface area contributed by atoms with Gasteiger partial charge < -0.3 is 14.2 Å². The highest BCUT2D eigenvalue weighted by atomic mass is 35.5. The minimum Gasteiger partial charge on any atom is -0.459 e. The van der Waals surface area contributed by atoms with Gasteiger partial charge in [0.05, 0.1) is 21.7 Å². The van der Waals surface area contributed by atoms with Crippen LogP contribution in [0.3, 0.4) is 0 Å². The predicted octanol–water partition coefficient (Wildman–Crippen LogP) is 3.36. The Kier molecular flexibility index (Phi) is 3.26. The van der Waals surface area contributed by atoms with Crippen molar-refractivity contribution in [2.24, 2.45) is 17.3 Å². The van der Waals surface area contributed by atoms with E-state index in [4.69, 9.17) is 16.3 Å². The molecule has 2 heterocycles. The van der Waals surface area contributed by atoms with Gasteiger partial charge in [0.15, 0.2) is 0 Å². The second kappa shape index (κ2) is 5.21. The monoisotopic (exact) mass is 360 g/mol. The average molecular weight is 361 g/mol. The number of carbonyl (C=O) groups is 1. The Morgan fingerprint density at radius 1 is 1.28 bits per heavy atom. The summed E-state index contributed by atoms with van der Waals surface area (Å²) in [6, 6.07) is 3.62. The molecule has 0 saturated heterocycles. The Hall–Kier alpha value is -1.59. The normalized spacial score (nSPS) is 36.1.